The van der Waals surface area contributed by atoms with Crippen LogP contribution in [0, 0.1) is 17.3 Å². The molecule has 1 nitrogen and oxygen atoms in total. The standard InChI is InChI=1S/C10H16O/c1-9(2)6-4-7(9)10(3)8(5-6)11-10/h6-8H,4-5H2,1-3H3/t6-,7+,8+,10+/m1/s1. The van der Waals surface area contributed by atoms with Gasteiger partial charge in [0.2, 0.25) is 0 Å². The molecule has 1 heterocycles. The average Bonchev–Trinajstić information content (AvgIpc) is 2.58. The van der Waals surface area contributed by atoms with E-state index in [0.29, 0.717) is 17.1 Å². The molecule has 0 radical (unpaired) electrons. The van der Waals surface area contributed by atoms with Crippen molar-refractivity contribution in [3.63, 3.8) is 0 Å². The second-order valence-corrected chi connectivity index (χ2v) is 5.33. The number of hydrogen-bond acceptors (Lipinski definition) is 1. The molecule has 0 unspecified atom stereocenters. The molecule has 0 aromatic carbocycles. The van der Waals surface area contributed by atoms with Gasteiger partial charge >= 0.3 is 0 Å². The van der Waals surface area contributed by atoms with Gasteiger partial charge in [-0.1, -0.05) is 13.8 Å². The monoisotopic (exact) mass is 152 g/mol. The van der Waals surface area contributed by atoms with E-state index in [1.807, 2.05) is 0 Å². The summed E-state index contributed by atoms with van der Waals surface area (Å²) in [4.78, 5) is 0. The third-order valence-corrected chi connectivity index (χ3v) is 4.64. The van der Waals surface area contributed by atoms with E-state index < -0.39 is 0 Å². The van der Waals surface area contributed by atoms with E-state index in [1.165, 1.54) is 12.8 Å². The van der Waals surface area contributed by atoms with Crippen LogP contribution in [0.3, 0.4) is 0 Å². The molecule has 0 spiro atoms. The highest BCUT2D eigenvalue weighted by Gasteiger charge is 2.72. The summed E-state index contributed by atoms with van der Waals surface area (Å²) in [5.74, 6) is 1.83. The molecule has 3 aliphatic carbocycles. The van der Waals surface area contributed by atoms with Crippen LogP contribution in [0.1, 0.15) is 33.6 Å². The molecule has 0 N–H and O–H groups in total. The van der Waals surface area contributed by atoms with Crippen molar-refractivity contribution in [1.29, 1.82) is 0 Å². The lowest BCUT2D eigenvalue weighted by Gasteiger charge is -2.57. The first-order valence-electron chi connectivity index (χ1n) is 4.73. The Hall–Kier alpha value is -0.0400. The van der Waals surface area contributed by atoms with Crippen LogP contribution in [-0.2, 0) is 4.74 Å². The molecule has 0 amide bonds. The largest absolute Gasteiger partial charge is 0.366 e. The number of hydrogen-bond donors (Lipinski definition) is 0. The highest BCUT2D eigenvalue weighted by atomic mass is 16.6. The van der Waals surface area contributed by atoms with Crippen LogP contribution in [0.25, 0.3) is 0 Å². The minimum Gasteiger partial charge on any atom is -0.366 e. The van der Waals surface area contributed by atoms with Gasteiger partial charge < -0.3 is 4.74 Å². The van der Waals surface area contributed by atoms with Crippen molar-refractivity contribution in [2.24, 2.45) is 17.3 Å². The zero-order valence-corrected chi connectivity index (χ0v) is 7.55. The number of epoxide rings is 1. The molecule has 4 rings (SSSR count). The summed E-state index contributed by atoms with van der Waals surface area (Å²) in [6.45, 7) is 7.13. The van der Waals surface area contributed by atoms with Gasteiger partial charge in [0.1, 0.15) is 0 Å². The van der Waals surface area contributed by atoms with E-state index in [4.69, 9.17) is 4.74 Å². The van der Waals surface area contributed by atoms with Gasteiger partial charge in [-0.3, -0.25) is 0 Å². The molecule has 0 aromatic rings. The summed E-state index contributed by atoms with van der Waals surface area (Å²) in [5.41, 5.74) is 0.889. The van der Waals surface area contributed by atoms with Crippen LogP contribution < -0.4 is 0 Å². The van der Waals surface area contributed by atoms with Crippen molar-refractivity contribution < 1.29 is 4.74 Å². The lowest BCUT2D eigenvalue weighted by molar-refractivity contribution is -0.0789. The van der Waals surface area contributed by atoms with Crippen molar-refractivity contribution in [3.8, 4) is 0 Å². The second kappa shape index (κ2) is 1.39. The Morgan fingerprint density at radius 1 is 1.18 bits per heavy atom. The predicted octanol–water partition coefficient (Wildman–Crippen LogP) is 2.21. The van der Waals surface area contributed by atoms with Gasteiger partial charge in [0, 0.05) is 0 Å². The Balaban J connectivity index is 1.98. The molecule has 1 saturated heterocycles. The van der Waals surface area contributed by atoms with Gasteiger partial charge in [0.15, 0.2) is 0 Å². The first kappa shape index (κ1) is 6.47. The van der Waals surface area contributed by atoms with Crippen LogP contribution in [0.4, 0.5) is 0 Å². The van der Waals surface area contributed by atoms with Crippen molar-refractivity contribution in [1.82, 2.24) is 0 Å². The van der Waals surface area contributed by atoms with Crippen molar-refractivity contribution in [3.05, 3.63) is 0 Å². The van der Waals surface area contributed by atoms with Crippen LogP contribution in [0.2, 0.25) is 0 Å². The van der Waals surface area contributed by atoms with Gasteiger partial charge in [-0.15, -0.1) is 0 Å². The van der Waals surface area contributed by atoms with Crippen LogP contribution >= 0.6 is 0 Å². The Labute approximate surface area is 68.1 Å². The topological polar surface area (TPSA) is 12.5 Å². The minimum atomic E-state index is 0.304. The first-order chi connectivity index (χ1) is 5.05. The molecular weight excluding hydrogens is 136 g/mol. The van der Waals surface area contributed by atoms with Gasteiger partial charge in [0.25, 0.3) is 0 Å². The summed E-state index contributed by atoms with van der Waals surface area (Å²) < 4.78 is 5.75. The number of rotatable bonds is 0. The fraction of sp³-hybridized carbons (Fsp3) is 1.00. The highest BCUT2D eigenvalue weighted by molar-refractivity contribution is 5.20. The summed E-state index contributed by atoms with van der Waals surface area (Å²) in [5, 5.41) is 0. The minimum absolute atomic E-state index is 0.304. The Kier molecular flexibility index (Phi) is 0.820. The maximum absolute atomic E-state index is 5.75. The van der Waals surface area contributed by atoms with E-state index in [-0.39, 0.29) is 0 Å². The molecule has 4 atom stereocenters. The van der Waals surface area contributed by atoms with Gasteiger partial charge in [0.05, 0.1) is 11.7 Å². The quantitative estimate of drug-likeness (QED) is 0.485. The maximum atomic E-state index is 5.75. The molecule has 11 heavy (non-hydrogen) atoms. The van der Waals surface area contributed by atoms with Crippen LogP contribution in [0.15, 0.2) is 0 Å². The van der Waals surface area contributed by atoms with Crippen LogP contribution in [-0.4, -0.2) is 11.7 Å². The first-order valence-corrected chi connectivity index (χ1v) is 4.73. The predicted molar refractivity (Wildman–Crippen MR) is 43.3 cm³/mol. The zero-order valence-electron chi connectivity index (χ0n) is 7.55. The van der Waals surface area contributed by atoms with Crippen molar-refractivity contribution >= 4 is 0 Å². The summed E-state index contributed by atoms with van der Waals surface area (Å²) in [6, 6.07) is 0. The summed E-state index contributed by atoms with van der Waals surface area (Å²) >= 11 is 0. The zero-order chi connectivity index (χ0) is 7.85. The molecular formula is C10H16O. The SMILES string of the molecule is CC1(C)[C@H]2C[C@@H]3O[C@@]3(C)[C@H]1C2. The fourth-order valence-corrected chi connectivity index (χ4v) is 3.51. The highest BCUT2D eigenvalue weighted by Crippen LogP contribution is 2.70. The molecule has 0 aromatic heterocycles. The lowest BCUT2D eigenvalue weighted by Crippen LogP contribution is -2.56. The molecule has 2 bridgehead atoms. The van der Waals surface area contributed by atoms with Crippen molar-refractivity contribution in [2.75, 3.05) is 0 Å². The molecule has 3 saturated carbocycles. The van der Waals surface area contributed by atoms with Gasteiger partial charge in [-0.2, -0.15) is 0 Å². The van der Waals surface area contributed by atoms with E-state index >= 15 is 0 Å². The second-order valence-electron chi connectivity index (χ2n) is 5.33. The summed E-state index contributed by atoms with van der Waals surface area (Å²) in [6.07, 6.45) is 3.40. The Morgan fingerprint density at radius 3 is 2.36 bits per heavy atom. The van der Waals surface area contributed by atoms with Gasteiger partial charge in [-0.25, -0.2) is 0 Å². The molecule has 62 valence electrons. The molecule has 1 heteroatoms. The van der Waals surface area contributed by atoms with Crippen molar-refractivity contribution in [2.45, 2.75) is 45.3 Å². The molecule has 1 aliphatic heterocycles. The fourth-order valence-electron chi connectivity index (χ4n) is 3.51. The van der Waals surface area contributed by atoms with E-state index in [9.17, 15) is 0 Å². The Bertz CT molecular complexity index is 216. The third-order valence-electron chi connectivity index (χ3n) is 4.64. The van der Waals surface area contributed by atoms with E-state index in [1.54, 1.807) is 0 Å². The van der Waals surface area contributed by atoms with E-state index in [0.717, 1.165) is 11.8 Å². The van der Waals surface area contributed by atoms with Crippen LogP contribution in [0.5, 0.6) is 0 Å². The Morgan fingerprint density at radius 2 is 1.91 bits per heavy atom. The number of ether oxygens (including phenoxy) is 1. The smallest absolute Gasteiger partial charge is 0.0953 e. The van der Waals surface area contributed by atoms with Gasteiger partial charge in [-0.05, 0) is 37.0 Å². The molecule has 4 aliphatic rings. The third kappa shape index (κ3) is 0.516. The normalized spacial score (nSPS) is 63.0. The molecule has 4 fully saturated rings. The summed E-state index contributed by atoms with van der Waals surface area (Å²) in [7, 11) is 0. The maximum Gasteiger partial charge on any atom is 0.0953 e. The average molecular weight is 152 g/mol. The van der Waals surface area contributed by atoms with E-state index in [2.05, 4.69) is 20.8 Å². The lowest BCUT2D eigenvalue weighted by atomic mass is 9.46.